The summed E-state index contributed by atoms with van der Waals surface area (Å²) in [4.78, 5) is 7.46. The van der Waals surface area contributed by atoms with Gasteiger partial charge in [0.1, 0.15) is 16.2 Å². The second-order valence-corrected chi connectivity index (χ2v) is 6.91. The summed E-state index contributed by atoms with van der Waals surface area (Å²) in [5.74, 6) is 1.23. The molecular weight excluding hydrogens is 260 g/mol. The highest BCUT2D eigenvalue weighted by Crippen LogP contribution is 2.24. The van der Waals surface area contributed by atoms with Crippen LogP contribution in [0, 0.1) is 5.92 Å². The lowest BCUT2D eigenvalue weighted by Crippen LogP contribution is -1.96. The molecule has 1 heterocycles. The maximum absolute atomic E-state index is 11.4. The van der Waals surface area contributed by atoms with Crippen LogP contribution in [-0.2, 0) is 15.5 Å². The van der Waals surface area contributed by atoms with Gasteiger partial charge in [-0.25, -0.2) is 13.4 Å². The Labute approximate surface area is 104 Å². The van der Waals surface area contributed by atoms with Crippen LogP contribution in [0.1, 0.15) is 19.7 Å². The first-order valence-electron chi connectivity index (χ1n) is 5.30. The average Bonchev–Trinajstić information content (AvgIpc) is 2.55. The quantitative estimate of drug-likeness (QED) is 0.874. The van der Waals surface area contributed by atoms with Crippen LogP contribution in [0.25, 0.3) is 11.0 Å². The maximum atomic E-state index is 11.4. The van der Waals surface area contributed by atoms with Crippen LogP contribution in [0.2, 0.25) is 0 Å². The van der Waals surface area contributed by atoms with Gasteiger partial charge in [0.25, 0.3) is 9.05 Å². The van der Waals surface area contributed by atoms with Crippen LogP contribution < -0.4 is 0 Å². The van der Waals surface area contributed by atoms with E-state index in [4.69, 9.17) is 10.7 Å². The third kappa shape index (κ3) is 2.61. The Bertz CT molecular complexity index is 647. The van der Waals surface area contributed by atoms with E-state index in [0.29, 0.717) is 17.0 Å². The number of aromatic amines is 1. The van der Waals surface area contributed by atoms with Gasteiger partial charge in [-0.15, -0.1) is 0 Å². The summed E-state index contributed by atoms with van der Waals surface area (Å²) >= 11 is 0. The number of imidazole rings is 1. The molecule has 0 bridgehead atoms. The Morgan fingerprint density at radius 3 is 2.71 bits per heavy atom. The Morgan fingerprint density at radius 2 is 2.12 bits per heavy atom. The summed E-state index contributed by atoms with van der Waals surface area (Å²) in [7, 11) is 1.62. The molecular formula is C11H13ClN2O2S. The molecule has 1 aromatic heterocycles. The van der Waals surface area contributed by atoms with Crippen LogP contribution in [0.4, 0.5) is 0 Å². The summed E-state index contributed by atoms with van der Waals surface area (Å²) in [6.45, 7) is 4.15. The van der Waals surface area contributed by atoms with E-state index in [1.807, 2.05) is 0 Å². The molecule has 17 heavy (non-hydrogen) atoms. The van der Waals surface area contributed by atoms with Crippen molar-refractivity contribution in [1.29, 1.82) is 0 Å². The van der Waals surface area contributed by atoms with Crippen LogP contribution in [0.15, 0.2) is 23.1 Å². The van der Waals surface area contributed by atoms with Gasteiger partial charge in [0, 0.05) is 17.1 Å². The van der Waals surface area contributed by atoms with Crippen molar-refractivity contribution >= 4 is 30.8 Å². The number of benzene rings is 1. The zero-order valence-corrected chi connectivity index (χ0v) is 11.1. The fourth-order valence-corrected chi connectivity index (χ4v) is 2.74. The molecule has 0 aliphatic carbocycles. The largest absolute Gasteiger partial charge is 0.342 e. The van der Waals surface area contributed by atoms with Crippen molar-refractivity contribution < 1.29 is 8.42 Å². The molecule has 0 spiro atoms. The molecule has 4 nitrogen and oxygen atoms in total. The first kappa shape index (κ1) is 12.4. The van der Waals surface area contributed by atoms with Crippen molar-refractivity contribution in [3.05, 3.63) is 24.0 Å². The molecule has 2 rings (SSSR count). The van der Waals surface area contributed by atoms with E-state index in [-0.39, 0.29) is 4.90 Å². The van der Waals surface area contributed by atoms with Crippen LogP contribution in [-0.4, -0.2) is 18.4 Å². The lowest BCUT2D eigenvalue weighted by Gasteiger charge is -1.98. The molecule has 0 aliphatic heterocycles. The Kier molecular flexibility index (Phi) is 3.14. The maximum Gasteiger partial charge on any atom is 0.263 e. The number of hydrogen-bond donors (Lipinski definition) is 1. The van der Waals surface area contributed by atoms with Crippen LogP contribution in [0.3, 0.4) is 0 Å². The van der Waals surface area contributed by atoms with E-state index in [2.05, 4.69) is 23.8 Å². The topological polar surface area (TPSA) is 62.8 Å². The summed E-state index contributed by atoms with van der Waals surface area (Å²) in [6.07, 6.45) is 0.774. The van der Waals surface area contributed by atoms with E-state index in [0.717, 1.165) is 12.2 Å². The minimum atomic E-state index is -3.75. The number of hydrogen-bond acceptors (Lipinski definition) is 3. The number of fused-ring (bicyclic) bond motifs is 1. The highest BCUT2D eigenvalue weighted by Gasteiger charge is 2.17. The summed E-state index contributed by atoms with van der Waals surface area (Å²) < 4.78 is 22.8. The first-order chi connectivity index (χ1) is 7.88. The molecule has 6 heteroatoms. The summed E-state index contributed by atoms with van der Waals surface area (Å²) in [5.41, 5.74) is 1.11. The number of para-hydroxylation sites is 1. The van der Waals surface area contributed by atoms with Gasteiger partial charge < -0.3 is 4.98 Å². The van der Waals surface area contributed by atoms with Gasteiger partial charge in [0.2, 0.25) is 0 Å². The van der Waals surface area contributed by atoms with E-state index < -0.39 is 9.05 Å². The fourth-order valence-electron chi connectivity index (χ4n) is 1.74. The number of H-pyrrole nitrogens is 1. The molecule has 0 fully saturated rings. The van der Waals surface area contributed by atoms with E-state index >= 15 is 0 Å². The van der Waals surface area contributed by atoms with Crippen molar-refractivity contribution in [2.75, 3.05) is 0 Å². The monoisotopic (exact) mass is 272 g/mol. The van der Waals surface area contributed by atoms with Gasteiger partial charge in [0.05, 0.1) is 5.52 Å². The Morgan fingerprint density at radius 1 is 1.41 bits per heavy atom. The van der Waals surface area contributed by atoms with Crippen molar-refractivity contribution in [2.24, 2.45) is 5.92 Å². The first-order valence-corrected chi connectivity index (χ1v) is 7.61. The molecule has 0 saturated carbocycles. The normalized spacial score (nSPS) is 12.5. The summed E-state index contributed by atoms with van der Waals surface area (Å²) in [5, 5.41) is 0. The summed E-state index contributed by atoms with van der Waals surface area (Å²) in [6, 6.07) is 4.90. The zero-order valence-electron chi connectivity index (χ0n) is 9.57. The number of halogens is 1. The third-order valence-electron chi connectivity index (χ3n) is 2.39. The van der Waals surface area contributed by atoms with Gasteiger partial charge in [-0.05, 0) is 18.1 Å². The molecule has 92 valence electrons. The van der Waals surface area contributed by atoms with E-state index in [1.54, 1.807) is 12.1 Å². The second kappa shape index (κ2) is 4.31. The Balaban J connectivity index is 2.61. The van der Waals surface area contributed by atoms with Crippen LogP contribution in [0.5, 0.6) is 0 Å². The standard InChI is InChI=1S/C11H13ClN2O2S/c1-7(2)6-10-13-8-4-3-5-9(11(8)14-10)17(12,15)16/h3-5,7H,6H2,1-2H3,(H,13,14). The Hall–Kier alpha value is -1.07. The molecule has 1 aromatic carbocycles. The fraction of sp³-hybridized carbons (Fsp3) is 0.364. The molecule has 1 N–H and O–H groups in total. The smallest absolute Gasteiger partial charge is 0.263 e. The number of aromatic nitrogens is 2. The predicted molar refractivity (Wildman–Crippen MR) is 67.7 cm³/mol. The number of nitrogens with zero attached hydrogens (tertiary/aromatic N) is 1. The third-order valence-corrected chi connectivity index (χ3v) is 3.74. The number of rotatable bonds is 3. The van der Waals surface area contributed by atoms with Gasteiger partial charge in [-0.1, -0.05) is 19.9 Å². The van der Waals surface area contributed by atoms with Crippen LogP contribution >= 0.6 is 10.7 Å². The lowest BCUT2D eigenvalue weighted by molar-refractivity contribution is 0.610. The van der Waals surface area contributed by atoms with Crippen molar-refractivity contribution in [3.63, 3.8) is 0 Å². The molecule has 0 radical (unpaired) electrons. The van der Waals surface area contributed by atoms with Crippen molar-refractivity contribution in [3.8, 4) is 0 Å². The lowest BCUT2D eigenvalue weighted by atomic mass is 10.1. The highest BCUT2D eigenvalue weighted by atomic mass is 35.7. The second-order valence-electron chi connectivity index (χ2n) is 4.37. The van der Waals surface area contributed by atoms with E-state index in [1.165, 1.54) is 6.07 Å². The average molecular weight is 273 g/mol. The highest BCUT2D eigenvalue weighted by molar-refractivity contribution is 8.14. The predicted octanol–water partition coefficient (Wildman–Crippen LogP) is 2.69. The molecule has 0 saturated heterocycles. The zero-order chi connectivity index (χ0) is 12.6. The van der Waals surface area contributed by atoms with E-state index in [9.17, 15) is 8.42 Å². The number of nitrogens with one attached hydrogen (secondary N) is 1. The van der Waals surface area contributed by atoms with Gasteiger partial charge in [-0.3, -0.25) is 0 Å². The molecule has 0 unspecified atom stereocenters. The van der Waals surface area contributed by atoms with Gasteiger partial charge >= 0.3 is 0 Å². The molecule has 2 aromatic rings. The van der Waals surface area contributed by atoms with Crippen molar-refractivity contribution in [2.45, 2.75) is 25.2 Å². The van der Waals surface area contributed by atoms with Gasteiger partial charge in [-0.2, -0.15) is 0 Å². The van der Waals surface area contributed by atoms with Gasteiger partial charge in [0.15, 0.2) is 0 Å². The molecule has 0 amide bonds. The molecule has 0 atom stereocenters. The minimum Gasteiger partial charge on any atom is -0.342 e. The van der Waals surface area contributed by atoms with Crippen molar-refractivity contribution in [1.82, 2.24) is 9.97 Å². The molecule has 0 aliphatic rings. The minimum absolute atomic E-state index is 0.0583. The SMILES string of the molecule is CC(C)Cc1nc2c(S(=O)(=O)Cl)cccc2[nH]1.